The molecule has 0 spiro atoms. The van der Waals surface area contributed by atoms with Gasteiger partial charge in [-0.3, -0.25) is 0 Å². The van der Waals surface area contributed by atoms with E-state index in [0.29, 0.717) is 17.6 Å². The molecule has 2 unspecified atom stereocenters. The van der Waals surface area contributed by atoms with E-state index in [9.17, 15) is 0 Å². The molecule has 1 fully saturated rings. The molecule has 0 amide bonds. The first-order chi connectivity index (χ1) is 8.10. The molecule has 1 N–H and O–H groups in total. The van der Waals surface area contributed by atoms with E-state index >= 15 is 0 Å². The van der Waals surface area contributed by atoms with Gasteiger partial charge in [0.05, 0.1) is 6.10 Å². The number of rotatable bonds is 8. The van der Waals surface area contributed by atoms with Crippen LogP contribution in [0, 0.1) is 5.41 Å². The molecule has 2 heteroatoms. The molecule has 2 nitrogen and oxygen atoms in total. The first-order valence-electron chi connectivity index (χ1n) is 7.46. The Morgan fingerprint density at radius 2 is 2.06 bits per heavy atom. The smallest absolute Gasteiger partial charge is 0.0616 e. The van der Waals surface area contributed by atoms with Gasteiger partial charge < -0.3 is 10.1 Å². The fraction of sp³-hybridized carbons (Fsp3) is 1.00. The van der Waals surface area contributed by atoms with Crippen molar-refractivity contribution in [2.24, 2.45) is 5.41 Å². The van der Waals surface area contributed by atoms with Crippen LogP contribution >= 0.6 is 0 Å². The maximum Gasteiger partial charge on any atom is 0.0616 e. The Bertz CT molecular complexity index is 205. The maximum atomic E-state index is 5.82. The highest BCUT2D eigenvalue weighted by atomic mass is 16.5. The minimum atomic E-state index is 0.401. The van der Waals surface area contributed by atoms with Crippen LogP contribution in [0.25, 0.3) is 0 Å². The highest BCUT2D eigenvalue weighted by Gasteiger charge is 2.40. The van der Waals surface area contributed by atoms with Crippen molar-refractivity contribution in [2.75, 3.05) is 13.2 Å². The predicted molar refractivity (Wildman–Crippen MR) is 74.4 cm³/mol. The second-order valence-electron chi connectivity index (χ2n) is 5.97. The Balaban J connectivity index is 2.41. The quantitative estimate of drug-likeness (QED) is 0.653. The molecule has 1 aliphatic rings. The van der Waals surface area contributed by atoms with Crippen LogP contribution in [-0.2, 0) is 4.74 Å². The lowest BCUT2D eigenvalue weighted by atomic mass is 9.76. The summed E-state index contributed by atoms with van der Waals surface area (Å²) in [6.45, 7) is 11.1. The molecule has 0 saturated carbocycles. The van der Waals surface area contributed by atoms with Gasteiger partial charge in [0.1, 0.15) is 0 Å². The minimum absolute atomic E-state index is 0.401. The Morgan fingerprint density at radius 1 is 1.29 bits per heavy atom. The van der Waals surface area contributed by atoms with Gasteiger partial charge >= 0.3 is 0 Å². The zero-order valence-electron chi connectivity index (χ0n) is 12.2. The summed E-state index contributed by atoms with van der Waals surface area (Å²) in [5.74, 6) is 0. The Morgan fingerprint density at radius 3 is 2.59 bits per heavy atom. The normalized spacial score (nSPS) is 29.1. The van der Waals surface area contributed by atoms with Crippen molar-refractivity contribution in [3.05, 3.63) is 0 Å². The summed E-state index contributed by atoms with van der Waals surface area (Å²) in [4.78, 5) is 0. The van der Waals surface area contributed by atoms with E-state index in [-0.39, 0.29) is 0 Å². The molecule has 0 radical (unpaired) electrons. The molecule has 17 heavy (non-hydrogen) atoms. The summed E-state index contributed by atoms with van der Waals surface area (Å²) in [6.07, 6.45) is 8.43. The van der Waals surface area contributed by atoms with Gasteiger partial charge in [0, 0.05) is 24.6 Å². The van der Waals surface area contributed by atoms with E-state index in [4.69, 9.17) is 4.74 Å². The summed E-state index contributed by atoms with van der Waals surface area (Å²) in [5.41, 5.74) is 0.401. The van der Waals surface area contributed by atoms with Crippen molar-refractivity contribution < 1.29 is 4.74 Å². The van der Waals surface area contributed by atoms with Gasteiger partial charge in [-0.1, -0.05) is 46.5 Å². The lowest BCUT2D eigenvalue weighted by molar-refractivity contribution is 0.0560. The van der Waals surface area contributed by atoms with E-state index in [1.165, 1.54) is 38.5 Å². The van der Waals surface area contributed by atoms with Crippen molar-refractivity contribution in [2.45, 2.75) is 78.4 Å². The lowest BCUT2D eigenvalue weighted by Crippen LogP contribution is -2.41. The van der Waals surface area contributed by atoms with E-state index in [1.54, 1.807) is 0 Å². The third kappa shape index (κ3) is 4.59. The Hall–Kier alpha value is -0.0800. The molecule has 0 aromatic rings. The minimum Gasteiger partial charge on any atom is -0.378 e. The second kappa shape index (κ2) is 7.38. The highest BCUT2D eigenvalue weighted by molar-refractivity contribution is 4.91. The largest absolute Gasteiger partial charge is 0.378 e. The molecule has 0 aromatic heterocycles. The van der Waals surface area contributed by atoms with Gasteiger partial charge in [-0.2, -0.15) is 0 Å². The monoisotopic (exact) mass is 241 g/mol. The van der Waals surface area contributed by atoms with Crippen molar-refractivity contribution in [1.29, 1.82) is 0 Å². The molecule has 102 valence electrons. The van der Waals surface area contributed by atoms with E-state index in [0.717, 1.165) is 13.2 Å². The van der Waals surface area contributed by atoms with Crippen LogP contribution in [0.15, 0.2) is 0 Å². The molecule has 0 aliphatic carbocycles. The SMILES string of the molecule is CCCCCCC1(CNC(C)C)CCOC1C. The van der Waals surface area contributed by atoms with Crippen molar-refractivity contribution in [3.8, 4) is 0 Å². The lowest BCUT2D eigenvalue weighted by Gasteiger charge is -2.33. The van der Waals surface area contributed by atoms with Gasteiger partial charge in [-0.05, 0) is 19.8 Å². The van der Waals surface area contributed by atoms with Crippen molar-refractivity contribution in [3.63, 3.8) is 0 Å². The standard InChI is InChI=1S/C15H31NO/c1-5-6-7-8-9-15(12-16-13(2)3)10-11-17-14(15)4/h13-14,16H,5-12H2,1-4H3. The average Bonchev–Trinajstić information content (AvgIpc) is 2.65. The fourth-order valence-electron chi connectivity index (χ4n) is 2.78. The fourth-order valence-corrected chi connectivity index (χ4v) is 2.78. The molecule has 1 rings (SSSR count). The van der Waals surface area contributed by atoms with E-state index in [1.807, 2.05) is 0 Å². The van der Waals surface area contributed by atoms with Crippen LogP contribution in [0.3, 0.4) is 0 Å². The molecule has 0 bridgehead atoms. The number of unbranched alkanes of at least 4 members (excludes halogenated alkanes) is 3. The average molecular weight is 241 g/mol. The number of nitrogens with one attached hydrogen (secondary N) is 1. The van der Waals surface area contributed by atoms with Crippen LogP contribution in [0.2, 0.25) is 0 Å². The van der Waals surface area contributed by atoms with Gasteiger partial charge in [0.15, 0.2) is 0 Å². The van der Waals surface area contributed by atoms with Crippen LogP contribution in [-0.4, -0.2) is 25.3 Å². The van der Waals surface area contributed by atoms with Gasteiger partial charge in [0.2, 0.25) is 0 Å². The maximum absolute atomic E-state index is 5.82. The number of hydrogen-bond acceptors (Lipinski definition) is 2. The van der Waals surface area contributed by atoms with Crippen molar-refractivity contribution in [1.82, 2.24) is 5.32 Å². The molecule has 1 heterocycles. The molecule has 0 aromatic carbocycles. The summed E-state index contributed by atoms with van der Waals surface area (Å²) in [6, 6.07) is 0.579. The first-order valence-corrected chi connectivity index (χ1v) is 7.46. The predicted octanol–water partition coefficient (Wildman–Crippen LogP) is 3.75. The van der Waals surface area contributed by atoms with Crippen LogP contribution < -0.4 is 5.32 Å². The van der Waals surface area contributed by atoms with Crippen LogP contribution in [0.5, 0.6) is 0 Å². The second-order valence-corrected chi connectivity index (χ2v) is 5.97. The molecular formula is C15H31NO. The highest BCUT2D eigenvalue weighted by Crippen LogP contribution is 2.39. The number of hydrogen-bond donors (Lipinski definition) is 1. The molecular weight excluding hydrogens is 210 g/mol. The Labute approximate surface area is 108 Å². The van der Waals surface area contributed by atoms with Gasteiger partial charge in [0.25, 0.3) is 0 Å². The topological polar surface area (TPSA) is 21.3 Å². The summed E-state index contributed by atoms with van der Waals surface area (Å²) in [7, 11) is 0. The zero-order chi connectivity index (χ0) is 12.7. The molecule has 1 saturated heterocycles. The summed E-state index contributed by atoms with van der Waals surface area (Å²) < 4.78 is 5.82. The van der Waals surface area contributed by atoms with Crippen LogP contribution in [0.1, 0.15) is 66.2 Å². The summed E-state index contributed by atoms with van der Waals surface area (Å²) in [5, 5.41) is 3.62. The van der Waals surface area contributed by atoms with E-state index < -0.39 is 0 Å². The van der Waals surface area contributed by atoms with E-state index in [2.05, 4.69) is 33.0 Å². The molecule has 2 atom stereocenters. The third-order valence-electron chi connectivity index (χ3n) is 4.22. The molecule has 1 aliphatic heterocycles. The Kier molecular flexibility index (Phi) is 6.50. The van der Waals surface area contributed by atoms with Crippen molar-refractivity contribution >= 4 is 0 Å². The third-order valence-corrected chi connectivity index (χ3v) is 4.22. The van der Waals surface area contributed by atoms with Gasteiger partial charge in [-0.25, -0.2) is 0 Å². The first kappa shape index (κ1) is 15.0. The zero-order valence-corrected chi connectivity index (χ0v) is 12.2. The van der Waals surface area contributed by atoms with Gasteiger partial charge in [-0.15, -0.1) is 0 Å². The number of ether oxygens (including phenoxy) is 1. The van der Waals surface area contributed by atoms with Crippen LogP contribution in [0.4, 0.5) is 0 Å². The summed E-state index contributed by atoms with van der Waals surface area (Å²) >= 11 is 0.